The maximum atomic E-state index is 12.5. The van der Waals surface area contributed by atoms with Gasteiger partial charge in [-0.1, -0.05) is 12.1 Å². The van der Waals surface area contributed by atoms with Gasteiger partial charge in [-0.3, -0.25) is 0 Å². The average molecular weight is 431 g/mol. The van der Waals surface area contributed by atoms with Crippen LogP contribution in [0.3, 0.4) is 0 Å². The highest BCUT2D eigenvalue weighted by Gasteiger charge is 2.28. The van der Waals surface area contributed by atoms with E-state index >= 15 is 0 Å². The summed E-state index contributed by atoms with van der Waals surface area (Å²) in [5.41, 5.74) is 0.791. The lowest BCUT2D eigenvalue weighted by molar-refractivity contribution is -0.153. The minimum Gasteiger partial charge on any atom is -0.484 e. The maximum absolute atomic E-state index is 12.5. The van der Waals surface area contributed by atoms with Crippen LogP contribution >= 0.6 is 0 Å². The van der Waals surface area contributed by atoms with Crippen LogP contribution in [0.15, 0.2) is 24.3 Å². The number of ether oxygens (including phenoxy) is 1. The van der Waals surface area contributed by atoms with Crippen molar-refractivity contribution in [3.8, 4) is 5.75 Å². The quantitative estimate of drug-likeness (QED) is 0.687. The molecule has 1 unspecified atom stereocenters. The van der Waals surface area contributed by atoms with Crippen LogP contribution in [0.1, 0.15) is 31.4 Å². The van der Waals surface area contributed by atoms with Gasteiger partial charge in [-0.15, -0.1) is 0 Å². The molecule has 2 rings (SSSR count). The highest BCUT2D eigenvalue weighted by Crippen LogP contribution is 2.21. The third kappa shape index (κ3) is 8.02. The van der Waals surface area contributed by atoms with Crippen molar-refractivity contribution in [2.24, 2.45) is 0 Å². The Morgan fingerprint density at radius 2 is 1.80 bits per heavy atom. The summed E-state index contributed by atoms with van der Waals surface area (Å²) in [7, 11) is 6.00. The molecule has 170 valence electrons. The molecule has 1 saturated heterocycles. The molecule has 1 aliphatic rings. The molecule has 2 amide bonds. The molecule has 1 aromatic carbocycles. The van der Waals surface area contributed by atoms with Crippen molar-refractivity contribution in [1.82, 2.24) is 20.0 Å². The number of alkyl halides is 3. The van der Waals surface area contributed by atoms with Crippen molar-refractivity contribution in [3.05, 3.63) is 29.8 Å². The number of hydrogen-bond acceptors (Lipinski definition) is 4. The second-order valence-electron chi connectivity index (χ2n) is 8.08. The standard InChI is InChI=1S/C21H33F3N4O2/c1-16(17-5-7-19(8-6-17)30-15-21(22,23)24)25-20(29)28(4)14-13-27(3)18-9-11-26(2)12-10-18/h5-8,16,18H,9-15H2,1-4H3,(H,25,29). The smallest absolute Gasteiger partial charge is 0.422 e. The SMILES string of the molecule is CC(NC(=O)N(C)CCN(C)C1CCN(C)CC1)c1ccc(OCC(F)(F)F)cc1. The summed E-state index contributed by atoms with van der Waals surface area (Å²) in [4.78, 5) is 18.8. The van der Waals surface area contributed by atoms with E-state index in [9.17, 15) is 18.0 Å². The van der Waals surface area contributed by atoms with Crippen molar-refractivity contribution in [3.63, 3.8) is 0 Å². The van der Waals surface area contributed by atoms with Gasteiger partial charge in [0.25, 0.3) is 0 Å². The van der Waals surface area contributed by atoms with E-state index in [4.69, 9.17) is 4.74 Å². The lowest BCUT2D eigenvalue weighted by Gasteiger charge is -2.35. The Labute approximate surface area is 177 Å². The molecule has 6 nitrogen and oxygen atoms in total. The first kappa shape index (κ1) is 24.3. The van der Waals surface area contributed by atoms with Crippen LogP contribution in [-0.4, -0.2) is 86.9 Å². The van der Waals surface area contributed by atoms with Crippen molar-refractivity contribution >= 4 is 6.03 Å². The van der Waals surface area contributed by atoms with Crippen LogP contribution in [-0.2, 0) is 0 Å². The number of carbonyl (C=O) groups is 1. The second kappa shape index (κ2) is 10.9. The van der Waals surface area contributed by atoms with Crippen LogP contribution in [0, 0.1) is 0 Å². The average Bonchev–Trinajstić information content (AvgIpc) is 2.70. The summed E-state index contributed by atoms with van der Waals surface area (Å²) in [6.45, 7) is 4.13. The highest BCUT2D eigenvalue weighted by molar-refractivity contribution is 5.74. The van der Waals surface area contributed by atoms with E-state index in [1.54, 1.807) is 24.1 Å². The van der Waals surface area contributed by atoms with E-state index in [0.29, 0.717) is 12.6 Å². The largest absolute Gasteiger partial charge is 0.484 e. The molecule has 9 heteroatoms. The number of likely N-dealkylation sites (tertiary alicyclic amines) is 1. The van der Waals surface area contributed by atoms with Gasteiger partial charge in [0.1, 0.15) is 5.75 Å². The predicted molar refractivity (Wildman–Crippen MR) is 111 cm³/mol. The maximum Gasteiger partial charge on any atom is 0.422 e. The zero-order valence-electron chi connectivity index (χ0n) is 18.2. The molecule has 1 N–H and O–H groups in total. The van der Waals surface area contributed by atoms with Gasteiger partial charge in [0.15, 0.2) is 6.61 Å². The van der Waals surface area contributed by atoms with Crippen molar-refractivity contribution in [2.75, 3.05) is 53.9 Å². The number of benzene rings is 1. The summed E-state index contributed by atoms with van der Waals surface area (Å²) >= 11 is 0. The van der Waals surface area contributed by atoms with Crippen molar-refractivity contribution < 1.29 is 22.7 Å². The fraction of sp³-hybridized carbons (Fsp3) is 0.667. The van der Waals surface area contributed by atoms with Crippen LogP contribution in [0.25, 0.3) is 0 Å². The second-order valence-corrected chi connectivity index (χ2v) is 8.08. The van der Waals surface area contributed by atoms with Crippen molar-refractivity contribution in [1.29, 1.82) is 0 Å². The Morgan fingerprint density at radius 3 is 2.37 bits per heavy atom. The Kier molecular flexibility index (Phi) is 8.78. The number of likely N-dealkylation sites (N-methyl/N-ethyl adjacent to an activating group) is 2. The Balaban J connectivity index is 1.76. The van der Waals surface area contributed by atoms with Gasteiger partial charge < -0.3 is 24.8 Å². The lowest BCUT2D eigenvalue weighted by Crippen LogP contribution is -2.46. The number of halogens is 3. The Bertz CT molecular complexity index is 661. The number of carbonyl (C=O) groups excluding carboxylic acids is 1. The van der Waals surface area contributed by atoms with Gasteiger partial charge in [0.05, 0.1) is 6.04 Å². The van der Waals surface area contributed by atoms with E-state index in [-0.39, 0.29) is 17.8 Å². The number of piperidine rings is 1. The normalized spacial score (nSPS) is 17.1. The number of nitrogens with one attached hydrogen (secondary N) is 1. The summed E-state index contributed by atoms with van der Waals surface area (Å²) < 4.78 is 41.4. The summed E-state index contributed by atoms with van der Waals surface area (Å²) in [5.74, 6) is 0.142. The number of urea groups is 1. The Morgan fingerprint density at radius 1 is 1.20 bits per heavy atom. The summed E-state index contributed by atoms with van der Waals surface area (Å²) in [5, 5.41) is 2.92. The third-order valence-electron chi connectivity index (χ3n) is 5.57. The molecule has 1 fully saturated rings. The van der Waals surface area contributed by atoms with Crippen LogP contribution in [0.2, 0.25) is 0 Å². The molecule has 30 heavy (non-hydrogen) atoms. The van der Waals surface area contributed by atoms with Gasteiger partial charge in [-0.2, -0.15) is 13.2 Å². The molecule has 1 atom stereocenters. The van der Waals surface area contributed by atoms with Crippen molar-refractivity contribution in [2.45, 2.75) is 38.0 Å². The van der Waals surface area contributed by atoms with Gasteiger partial charge >= 0.3 is 12.2 Å². The monoisotopic (exact) mass is 430 g/mol. The fourth-order valence-corrected chi connectivity index (χ4v) is 3.42. The minimum atomic E-state index is -4.37. The van der Waals surface area contributed by atoms with E-state index < -0.39 is 12.8 Å². The van der Waals surface area contributed by atoms with Crippen LogP contribution < -0.4 is 10.1 Å². The molecule has 1 heterocycles. The number of amides is 2. The molecule has 1 aliphatic heterocycles. The molecule has 0 bridgehead atoms. The molecule has 0 spiro atoms. The molecule has 0 radical (unpaired) electrons. The molecule has 0 saturated carbocycles. The zero-order valence-corrected chi connectivity index (χ0v) is 18.2. The molecule has 1 aromatic rings. The molecular weight excluding hydrogens is 397 g/mol. The van der Waals surface area contributed by atoms with Gasteiger partial charge in [0.2, 0.25) is 0 Å². The van der Waals surface area contributed by atoms with Gasteiger partial charge in [-0.05, 0) is 64.6 Å². The highest BCUT2D eigenvalue weighted by atomic mass is 19.4. The third-order valence-corrected chi connectivity index (χ3v) is 5.57. The van der Waals surface area contributed by atoms with Crippen LogP contribution in [0.5, 0.6) is 5.75 Å². The first-order valence-corrected chi connectivity index (χ1v) is 10.2. The number of rotatable bonds is 8. The van der Waals surface area contributed by atoms with E-state index in [2.05, 4.69) is 29.2 Å². The van der Waals surface area contributed by atoms with Gasteiger partial charge in [0, 0.05) is 26.2 Å². The Hall–Kier alpha value is -2.00. The van der Waals surface area contributed by atoms with Gasteiger partial charge in [-0.25, -0.2) is 4.79 Å². The molecule has 0 aliphatic carbocycles. The number of hydrogen-bond donors (Lipinski definition) is 1. The first-order valence-electron chi connectivity index (χ1n) is 10.2. The zero-order chi connectivity index (χ0) is 22.3. The lowest BCUT2D eigenvalue weighted by atomic mass is 10.0. The molecule has 0 aromatic heterocycles. The van der Waals surface area contributed by atoms with Crippen LogP contribution in [0.4, 0.5) is 18.0 Å². The summed E-state index contributed by atoms with van der Waals surface area (Å²) in [6.07, 6.45) is -2.09. The fourth-order valence-electron chi connectivity index (χ4n) is 3.42. The number of nitrogens with zero attached hydrogens (tertiary/aromatic N) is 3. The van der Waals surface area contributed by atoms with E-state index in [0.717, 1.165) is 38.0 Å². The predicted octanol–water partition coefficient (Wildman–Crippen LogP) is 3.36. The minimum absolute atomic E-state index is 0.142. The topological polar surface area (TPSA) is 48.1 Å². The first-order chi connectivity index (χ1) is 14.0. The molecular formula is C21H33F3N4O2. The van der Waals surface area contributed by atoms with E-state index in [1.165, 1.54) is 12.1 Å². The van der Waals surface area contributed by atoms with E-state index in [1.807, 2.05) is 6.92 Å². The summed E-state index contributed by atoms with van der Waals surface area (Å²) in [6, 6.07) is 6.36.